The Balaban J connectivity index is 2.84. The van der Waals surface area contributed by atoms with Crippen LogP contribution in [0.5, 0.6) is 5.75 Å². The number of amides is 3. The monoisotopic (exact) mass is 313 g/mol. The highest BCUT2D eigenvalue weighted by atomic mass is 35.5. The molecule has 116 valence electrons. The van der Waals surface area contributed by atoms with Crippen LogP contribution in [0.2, 0.25) is 5.02 Å². The molecule has 0 spiro atoms. The molecule has 0 heterocycles. The molecule has 1 aromatic carbocycles. The summed E-state index contributed by atoms with van der Waals surface area (Å²) in [5.41, 5.74) is 5.66. The van der Waals surface area contributed by atoms with Crippen LogP contribution in [0.15, 0.2) is 18.2 Å². The van der Waals surface area contributed by atoms with Crippen molar-refractivity contribution in [2.75, 3.05) is 0 Å². The molecule has 3 amide bonds. The lowest BCUT2D eigenvalue weighted by Gasteiger charge is -2.18. The third kappa shape index (κ3) is 5.61. The molecule has 1 rings (SSSR count). The van der Waals surface area contributed by atoms with Crippen LogP contribution >= 0.6 is 11.6 Å². The number of hydrogen-bond acceptors (Lipinski definition) is 4. The lowest BCUT2D eigenvalue weighted by atomic mass is 10.2. The fourth-order valence-corrected chi connectivity index (χ4v) is 1.83. The first kappa shape index (κ1) is 17.3. The minimum absolute atomic E-state index is 0.282. The Morgan fingerprint density at radius 2 is 2.00 bits per heavy atom. The number of urea groups is 1. The van der Waals surface area contributed by atoms with Gasteiger partial charge in [0.25, 0.3) is 5.91 Å². The first-order valence-corrected chi connectivity index (χ1v) is 6.96. The van der Waals surface area contributed by atoms with E-state index in [2.05, 4.69) is 5.32 Å². The molecular formula is C14H20ClN3O3. The minimum atomic E-state index is -0.914. The second-order valence-electron chi connectivity index (χ2n) is 4.87. The highest BCUT2D eigenvalue weighted by Gasteiger charge is 2.18. The summed E-state index contributed by atoms with van der Waals surface area (Å²) in [7, 11) is 0. The molecule has 0 aromatic heterocycles. The smallest absolute Gasteiger partial charge is 0.318 e. The van der Waals surface area contributed by atoms with Crippen LogP contribution in [0.1, 0.15) is 26.3 Å². The number of hydrogen-bond donors (Lipinski definition) is 3. The van der Waals surface area contributed by atoms with Crippen LogP contribution in [0.3, 0.4) is 0 Å². The van der Waals surface area contributed by atoms with E-state index in [9.17, 15) is 9.59 Å². The summed E-state index contributed by atoms with van der Waals surface area (Å²) in [6, 6.07) is 4.57. The third-order valence-electron chi connectivity index (χ3n) is 2.68. The molecule has 0 saturated heterocycles. The summed E-state index contributed by atoms with van der Waals surface area (Å²) in [6.45, 7) is 6.07. The van der Waals surface area contributed by atoms with Crippen molar-refractivity contribution in [1.82, 2.24) is 10.6 Å². The predicted octanol–water partition coefficient (Wildman–Crippen LogP) is 1.80. The molecule has 21 heavy (non-hydrogen) atoms. The van der Waals surface area contributed by atoms with Crippen LogP contribution in [0, 0.1) is 0 Å². The summed E-state index contributed by atoms with van der Waals surface area (Å²) in [4.78, 5) is 22.3. The third-order valence-corrected chi connectivity index (χ3v) is 3.04. The molecule has 0 aliphatic carbocycles. The standard InChI is InChI=1S/C14H20ClN3O3/c1-8(2)17-7-10-11(15)5-4-6-12(10)21-9(3)13(19)18-14(16)20/h4-6,8-9,17H,7H2,1-3H3,(H3,16,18,19,20). The number of carbonyl (C=O) groups excluding carboxylic acids is 2. The number of nitrogens with one attached hydrogen (secondary N) is 2. The Morgan fingerprint density at radius 1 is 1.33 bits per heavy atom. The molecule has 1 unspecified atom stereocenters. The zero-order valence-electron chi connectivity index (χ0n) is 12.3. The Labute approximate surface area is 129 Å². The van der Waals surface area contributed by atoms with E-state index < -0.39 is 18.0 Å². The number of rotatable bonds is 6. The average Bonchev–Trinajstić information content (AvgIpc) is 2.36. The van der Waals surface area contributed by atoms with Gasteiger partial charge in [-0.05, 0) is 19.1 Å². The van der Waals surface area contributed by atoms with Gasteiger partial charge in [-0.3, -0.25) is 10.1 Å². The van der Waals surface area contributed by atoms with Gasteiger partial charge in [0.1, 0.15) is 5.75 Å². The summed E-state index contributed by atoms with van der Waals surface area (Å²) < 4.78 is 5.58. The molecule has 0 bridgehead atoms. The lowest BCUT2D eigenvalue weighted by molar-refractivity contribution is -0.126. The highest BCUT2D eigenvalue weighted by molar-refractivity contribution is 6.31. The quantitative estimate of drug-likeness (QED) is 0.746. The maximum absolute atomic E-state index is 11.6. The van der Waals surface area contributed by atoms with Crippen LogP contribution < -0.4 is 21.1 Å². The molecule has 0 aliphatic heterocycles. The van der Waals surface area contributed by atoms with Crippen molar-refractivity contribution >= 4 is 23.5 Å². The normalized spacial score (nSPS) is 12.0. The second kappa shape index (κ2) is 7.85. The fraction of sp³-hybridized carbons (Fsp3) is 0.429. The minimum Gasteiger partial charge on any atom is -0.480 e. The van der Waals surface area contributed by atoms with Crippen molar-refractivity contribution in [3.8, 4) is 5.75 Å². The Bertz CT molecular complexity index is 520. The largest absolute Gasteiger partial charge is 0.480 e. The molecule has 7 heteroatoms. The number of ether oxygens (including phenoxy) is 1. The van der Waals surface area contributed by atoms with Gasteiger partial charge in [-0.25, -0.2) is 4.79 Å². The van der Waals surface area contributed by atoms with E-state index in [4.69, 9.17) is 22.1 Å². The summed E-state index contributed by atoms with van der Waals surface area (Å²) in [6.07, 6.45) is -0.867. The fourth-order valence-electron chi connectivity index (χ4n) is 1.59. The second-order valence-corrected chi connectivity index (χ2v) is 5.27. The van der Waals surface area contributed by atoms with Gasteiger partial charge in [0.05, 0.1) is 0 Å². The van der Waals surface area contributed by atoms with Gasteiger partial charge >= 0.3 is 6.03 Å². The van der Waals surface area contributed by atoms with E-state index in [1.807, 2.05) is 19.2 Å². The molecule has 0 aliphatic rings. The van der Waals surface area contributed by atoms with Crippen molar-refractivity contribution in [1.29, 1.82) is 0 Å². The van der Waals surface area contributed by atoms with Gasteiger partial charge < -0.3 is 15.8 Å². The molecule has 0 fully saturated rings. The maximum atomic E-state index is 11.6. The van der Waals surface area contributed by atoms with E-state index in [0.717, 1.165) is 5.56 Å². The summed E-state index contributed by atoms with van der Waals surface area (Å²) >= 11 is 6.17. The Kier molecular flexibility index (Phi) is 6.45. The number of nitrogens with two attached hydrogens (primary N) is 1. The van der Waals surface area contributed by atoms with E-state index >= 15 is 0 Å². The Morgan fingerprint density at radius 3 is 2.57 bits per heavy atom. The predicted molar refractivity (Wildman–Crippen MR) is 81.2 cm³/mol. The van der Waals surface area contributed by atoms with Crippen LogP contribution in [-0.4, -0.2) is 24.1 Å². The van der Waals surface area contributed by atoms with Crippen LogP contribution in [-0.2, 0) is 11.3 Å². The van der Waals surface area contributed by atoms with E-state index in [1.54, 1.807) is 18.2 Å². The Hall–Kier alpha value is -1.79. The highest BCUT2D eigenvalue weighted by Crippen LogP contribution is 2.27. The summed E-state index contributed by atoms with van der Waals surface area (Å²) in [5.74, 6) is -0.118. The maximum Gasteiger partial charge on any atom is 0.318 e. The summed E-state index contributed by atoms with van der Waals surface area (Å²) in [5, 5.41) is 5.76. The molecular weight excluding hydrogens is 294 g/mol. The number of imide groups is 1. The van der Waals surface area contributed by atoms with Crippen molar-refractivity contribution in [2.45, 2.75) is 39.5 Å². The number of primary amides is 1. The molecule has 6 nitrogen and oxygen atoms in total. The molecule has 0 radical (unpaired) electrons. The van der Waals surface area contributed by atoms with Gasteiger partial charge in [0.2, 0.25) is 0 Å². The van der Waals surface area contributed by atoms with Gasteiger partial charge in [-0.2, -0.15) is 0 Å². The molecule has 1 aromatic rings. The number of halogens is 1. The average molecular weight is 314 g/mol. The van der Waals surface area contributed by atoms with E-state index in [-0.39, 0.29) is 6.04 Å². The van der Waals surface area contributed by atoms with Crippen molar-refractivity contribution in [2.24, 2.45) is 5.73 Å². The zero-order chi connectivity index (χ0) is 16.0. The van der Waals surface area contributed by atoms with Crippen LogP contribution in [0.4, 0.5) is 4.79 Å². The first-order valence-electron chi connectivity index (χ1n) is 6.59. The van der Waals surface area contributed by atoms with E-state index in [0.29, 0.717) is 17.3 Å². The molecule has 0 saturated carbocycles. The number of carbonyl (C=O) groups is 2. The number of benzene rings is 1. The van der Waals surface area contributed by atoms with Gasteiger partial charge in [-0.1, -0.05) is 31.5 Å². The van der Waals surface area contributed by atoms with Crippen molar-refractivity contribution in [3.63, 3.8) is 0 Å². The van der Waals surface area contributed by atoms with E-state index in [1.165, 1.54) is 6.92 Å². The van der Waals surface area contributed by atoms with Crippen molar-refractivity contribution < 1.29 is 14.3 Å². The van der Waals surface area contributed by atoms with Gasteiger partial charge in [-0.15, -0.1) is 0 Å². The molecule has 4 N–H and O–H groups in total. The van der Waals surface area contributed by atoms with Crippen molar-refractivity contribution in [3.05, 3.63) is 28.8 Å². The zero-order valence-corrected chi connectivity index (χ0v) is 13.0. The topological polar surface area (TPSA) is 93.4 Å². The van der Waals surface area contributed by atoms with Gasteiger partial charge in [0, 0.05) is 23.2 Å². The van der Waals surface area contributed by atoms with Crippen LogP contribution in [0.25, 0.3) is 0 Å². The lowest BCUT2D eigenvalue weighted by Crippen LogP contribution is -2.42. The first-order chi connectivity index (χ1) is 9.81. The van der Waals surface area contributed by atoms with Gasteiger partial charge in [0.15, 0.2) is 6.10 Å². The molecule has 1 atom stereocenters. The SMILES string of the molecule is CC(C)NCc1c(Cl)cccc1OC(C)C(=O)NC(N)=O.